The first-order valence-electron chi connectivity index (χ1n) is 3.49. The quantitative estimate of drug-likeness (QED) is 0.391. The average molecular weight is 198 g/mol. The number of esters is 1. The zero-order valence-corrected chi connectivity index (χ0v) is 6.93. The van der Waals surface area contributed by atoms with E-state index in [-0.39, 0.29) is 6.61 Å². The molecule has 0 aromatic carbocycles. The molecule has 0 rings (SSSR count). The van der Waals surface area contributed by atoms with Crippen LogP contribution in [-0.2, 0) is 14.3 Å². The van der Waals surface area contributed by atoms with Gasteiger partial charge < -0.3 is 9.47 Å². The Bertz CT molecular complexity index is 186. The van der Waals surface area contributed by atoms with Gasteiger partial charge in [0.2, 0.25) is 0 Å². The Balaban J connectivity index is 3.64. The summed E-state index contributed by atoms with van der Waals surface area (Å²) in [6, 6.07) is 0. The Morgan fingerprint density at radius 2 is 2.08 bits per heavy atom. The van der Waals surface area contributed by atoms with Gasteiger partial charge in [-0.05, 0) is 13.0 Å². The van der Waals surface area contributed by atoms with Crippen molar-refractivity contribution >= 4 is 5.97 Å². The maximum Gasteiger partial charge on any atom is 0.491 e. The van der Waals surface area contributed by atoms with Crippen LogP contribution in [0.4, 0.5) is 13.2 Å². The van der Waals surface area contributed by atoms with Crippen LogP contribution in [0.5, 0.6) is 0 Å². The molecule has 0 heterocycles. The third-order valence-electron chi connectivity index (χ3n) is 0.921. The fourth-order valence-corrected chi connectivity index (χ4v) is 0.402. The van der Waals surface area contributed by atoms with Crippen LogP contribution in [0, 0.1) is 0 Å². The van der Waals surface area contributed by atoms with E-state index in [1.807, 2.05) is 0 Å². The van der Waals surface area contributed by atoms with Crippen LogP contribution in [0.15, 0.2) is 12.3 Å². The minimum Gasteiger partial charge on any atom is -0.428 e. The number of alkyl halides is 3. The molecule has 0 saturated heterocycles. The molecule has 0 aromatic heterocycles. The van der Waals surface area contributed by atoms with Gasteiger partial charge in [0.25, 0.3) is 0 Å². The summed E-state index contributed by atoms with van der Waals surface area (Å²) in [6.45, 7) is 2.29. The smallest absolute Gasteiger partial charge is 0.428 e. The molecule has 6 heteroatoms. The van der Waals surface area contributed by atoms with Gasteiger partial charge in [-0.2, -0.15) is 13.2 Å². The topological polar surface area (TPSA) is 35.5 Å². The number of ether oxygens (including phenoxy) is 2. The normalized spacial score (nSPS) is 12.0. The second kappa shape index (κ2) is 5.58. The Labute approximate surface area is 73.1 Å². The van der Waals surface area contributed by atoms with Gasteiger partial charge in [-0.15, -0.1) is 0 Å². The molecule has 0 bridgehead atoms. The SMILES string of the molecule is CCOCC=COC(=O)C(F)(F)F. The van der Waals surface area contributed by atoms with E-state index in [1.165, 1.54) is 6.08 Å². The number of hydrogen-bond acceptors (Lipinski definition) is 3. The Morgan fingerprint density at radius 1 is 1.46 bits per heavy atom. The van der Waals surface area contributed by atoms with Crippen LogP contribution in [0.1, 0.15) is 6.92 Å². The molecule has 0 aliphatic rings. The van der Waals surface area contributed by atoms with Crippen LogP contribution in [0.25, 0.3) is 0 Å². The predicted molar refractivity (Wildman–Crippen MR) is 37.8 cm³/mol. The first-order chi connectivity index (χ1) is 5.98. The van der Waals surface area contributed by atoms with Gasteiger partial charge in [-0.1, -0.05) is 0 Å². The van der Waals surface area contributed by atoms with Crippen molar-refractivity contribution < 1.29 is 27.4 Å². The van der Waals surface area contributed by atoms with Crippen LogP contribution in [0.3, 0.4) is 0 Å². The first-order valence-corrected chi connectivity index (χ1v) is 3.49. The van der Waals surface area contributed by atoms with Gasteiger partial charge in [-0.25, -0.2) is 4.79 Å². The molecule has 0 N–H and O–H groups in total. The minimum absolute atomic E-state index is 0.113. The molecule has 0 aliphatic carbocycles. The van der Waals surface area contributed by atoms with E-state index in [0.29, 0.717) is 12.9 Å². The lowest BCUT2D eigenvalue weighted by molar-refractivity contribution is -0.193. The third-order valence-corrected chi connectivity index (χ3v) is 0.921. The highest BCUT2D eigenvalue weighted by atomic mass is 19.4. The molecule has 0 spiro atoms. The van der Waals surface area contributed by atoms with Crippen molar-refractivity contribution in [3.8, 4) is 0 Å². The summed E-state index contributed by atoms with van der Waals surface area (Å²) in [7, 11) is 0. The average Bonchev–Trinajstić information content (AvgIpc) is 2.02. The molecule has 0 radical (unpaired) electrons. The zero-order valence-electron chi connectivity index (χ0n) is 6.93. The summed E-state index contributed by atoms with van der Waals surface area (Å²) in [6.07, 6.45) is -3.12. The van der Waals surface area contributed by atoms with E-state index in [1.54, 1.807) is 6.92 Å². The highest BCUT2D eigenvalue weighted by molar-refractivity contribution is 5.76. The molecular weight excluding hydrogens is 189 g/mol. The van der Waals surface area contributed by atoms with Gasteiger partial charge in [0, 0.05) is 6.61 Å². The molecule has 3 nitrogen and oxygen atoms in total. The lowest BCUT2D eigenvalue weighted by Gasteiger charge is -2.01. The highest BCUT2D eigenvalue weighted by Gasteiger charge is 2.40. The molecule has 0 amide bonds. The van der Waals surface area contributed by atoms with Gasteiger partial charge in [0.05, 0.1) is 12.9 Å². The first kappa shape index (κ1) is 12.0. The second-order valence-electron chi connectivity index (χ2n) is 1.93. The molecule has 0 aromatic rings. The maximum absolute atomic E-state index is 11.5. The summed E-state index contributed by atoms with van der Waals surface area (Å²) in [5.74, 6) is -2.24. The molecule has 0 aliphatic heterocycles. The molecule has 13 heavy (non-hydrogen) atoms. The van der Waals surface area contributed by atoms with Gasteiger partial charge in [0.1, 0.15) is 0 Å². The summed E-state index contributed by atoms with van der Waals surface area (Å²) in [5.41, 5.74) is 0. The molecule has 0 saturated carbocycles. The van der Waals surface area contributed by atoms with Crippen LogP contribution < -0.4 is 0 Å². The number of rotatable bonds is 4. The zero-order chi connectivity index (χ0) is 10.3. The standard InChI is InChI=1S/C7H9F3O3/c1-2-12-4-3-5-13-6(11)7(8,9)10/h3,5H,2,4H2,1H3. The second-order valence-corrected chi connectivity index (χ2v) is 1.93. The third kappa shape index (κ3) is 6.15. The van der Waals surface area contributed by atoms with Crippen molar-refractivity contribution in [2.75, 3.05) is 13.2 Å². The summed E-state index contributed by atoms with van der Waals surface area (Å²) in [5, 5.41) is 0. The van der Waals surface area contributed by atoms with Crippen LogP contribution >= 0.6 is 0 Å². The van der Waals surface area contributed by atoms with E-state index in [0.717, 1.165) is 0 Å². The van der Waals surface area contributed by atoms with Gasteiger partial charge in [-0.3, -0.25) is 0 Å². The number of carbonyl (C=O) groups excluding carboxylic acids is 1. The van der Waals surface area contributed by atoms with E-state index in [2.05, 4.69) is 4.74 Å². The lowest BCUT2D eigenvalue weighted by Crippen LogP contribution is -2.23. The lowest BCUT2D eigenvalue weighted by atomic mass is 10.6. The van der Waals surface area contributed by atoms with E-state index < -0.39 is 12.1 Å². The summed E-state index contributed by atoms with van der Waals surface area (Å²) < 4.78 is 42.9. The van der Waals surface area contributed by atoms with Gasteiger partial charge in [0.15, 0.2) is 0 Å². The van der Waals surface area contributed by atoms with Crippen molar-refractivity contribution in [2.45, 2.75) is 13.1 Å². The number of halogens is 3. The van der Waals surface area contributed by atoms with E-state index >= 15 is 0 Å². The Kier molecular flexibility index (Phi) is 5.13. The monoisotopic (exact) mass is 198 g/mol. The number of hydrogen-bond donors (Lipinski definition) is 0. The molecule has 0 unspecified atom stereocenters. The molecule has 0 atom stereocenters. The highest BCUT2D eigenvalue weighted by Crippen LogP contribution is 2.16. The molecular formula is C7H9F3O3. The molecule has 0 fully saturated rings. The summed E-state index contributed by atoms with van der Waals surface area (Å²) >= 11 is 0. The van der Waals surface area contributed by atoms with Crippen LogP contribution in [-0.4, -0.2) is 25.4 Å². The van der Waals surface area contributed by atoms with E-state index in [4.69, 9.17) is 4.74 Å². The largest absolute Gasteiger partial charge is 0.491 e. The van der Waals surface area contributed by atoms with Gasteiger partial charge >= 0.3 is 12.1 Å². The Hall–Kier alpha value is -1.04. The minimum atomic E-state index is -4.95. The van der Waals surface area contributed by atoms with E-state index in [9.17, 15) is 18.0 Å². The Morgan fingerprint density at radius 3 is 2.54 bits per heavy atom. The fourth-order valence-electron chi connectivity index (χ4n) is 0.402. The summed E-state index contributed by atoms with van der Waals surface area (Å²) in [4.78, 5) is 10.1. The predicted octanol–water partition coefficient (Wildman–Crippen LogP) is 1.64. The van der Waals surface area contributed by atoms with Crippen molar-refractivity contribution in [1.29, 1.82) is 0 Å². The van der Waals surface area contributed by atoms with Crippen molar-refractivity contribution in [2.24, 2.45) is 0 Å². The maximum atomic E-state index is 11.5. The van der Waals surface area contributed by atoms with Crippen molar-refractivity contribution in [3.63, 3.8) is 0 Å². The number of carbonyl (C=O) groups is 1. The van der Waals surface area contributed by atoms with Crippen molar-refractivity contribution in [1.82, 2.24) is 0 Å². The van der Waals surface area contributed by atoms with Crippen molar-refractivity contribution in [3.05, 3.63) is 12.3 Å². The van der Waals surface area contributed by atoms with Crippen LogP contribution in [0.2, 0.25) is 0 Å². The fraction of sp³-hybridized carbons (Fsp3) is 0.571. The molecule has 76 valence electrons.